The molecule has 166 valence electrons. The highest BCUT2D eigenvalue weighted by atomic mass is 19.1. The molecule has 0 saturated carbocycles. The van der Waals surface area contributed by atoms with Crippen molar-refractivity contribution in [2.24, 2.45) is 5.92 Å². The van der Waals surface area contributed by atoms with Crippen LogP contribution in [0.3, 0.4) is 0 Å². The van der Waals surface area contributed by atoms with Crippen LogP contribution < -0.4 is 10.6 Å². The maximum absolute atomic E-state index is 14.0. The molecule has 2 N–H and O–H groups in total. The van der Waals surface area contributed by atoms with E-state index < -0.39 is 35.9 Å². The molecule has 2 rings (SSSR count). The number of ether oxygens (including phenoxy) is 2. The second-order valence-corrected chi connectivity index (χ2v) is 7.31. The molecule has 8 heteroatoms. The minimum absolute atomic E-state index is 0.0528. The van der Waals surface area contributed by atoms with Gasteiger partial charge in [0.2, 0.25) is 5.91 Å². The molecule has 0 saturated heterocycles. The molecule has 0 radical (unpaired) electrons. The van der Waals surface area contributed by atoms with E-state index in [0.29, 0.717) is 0 Å². The van der Waals surface area contributed by atoms with Crippen LogP contribution in [0.25, 0.3) is 0 Å². The molecule has 31 heavy (non-hydrogen) atoms. The van der Waals surface area contributed by atoms with E-state index in [1.165, 1.54) is 25.3 Å². The smallest absolute Gasteiger partial charge is 0.408 e. The molecule has 0 aromatic heterocycles. The van der Waals surface area contributed by atoms with Crippen LogP contribution in [0, 0.1) is 11.7 Å². The van der Waals surface area contributed by atoms with E-state index in [-0.39, 0.29) is 24.5 Å². The van der Waals surface area contributed by atoms with Crippen LogP contribution in [-0.4, -0.2) is 37.2 Å². The second kappa shape index (κ2) is 11.7. The largest absolute Gasteiger partial charge is 0.467 e. The lowest BCUT2D eigenvalue weighted by atomic mass is 10.0. The van der Waals surface area contributed by atoms with Gasteiger partial charge in [0, 0.05) is 6.42 Å². The van der Waals surface area contributed by atoms with E-state index in [9.17, 15) is 18.8 Å². The monoisotopic (exact) mass is 430 g/mol. The lowest BCUT2D eigenvalue weighted by molar-refractivity contribution is -0.145. The maximum Gasteiger partial charge on any atom is 0.408 e. The van der Waals surface area contributed by atoms with Gasteiger partial charge in [-0.25, -0.2) is 14.0 Å². The Hall–Kier alpha value is -3.42. The Bertz CT molecular complexity index is 889. The number of hydrogen-bond acceptors (Lipinski definition) is 5. The summed E-state index contributed by atoms with van der Waals surface area (Å²) >= 11 is 0. The second-order valence-electron chi connectivity index (χ2n) is 7.31. The first-order valence-electron chi connectivity index (χ1n) is 9.90. The molecule has 0 heterocycles. The highest BCUT2D eigenvalue weighted by Gasteiger charge is 2.30. The SMILES string of the molecule is COC(=O)[C@H](Cc1ccccc1F)NC(=O)[C@@H](NC(=O)OCc1ccccc1)C(C)C. The summed E-state index contributed by atoms with van der Waals surface area (Å²) in [6, 6.07) is 13.0. The minimum atomic E-state index is -1.11. The number of benzene rings is 2. The van der Waals surface area contributed by atoms with E-state index in [0.717, 1.165) is 5.56 Å². The third kappa shape index (κ3) is 7.40. The Morgan fingerprint density at radius 3 is 2.23 bits per heavy atom. The normalized spacial score (nSPS) is 12.5. The van der Waals surface area contributed by atoms with Crippen LogP contribution in [0.1, 0.15) is 25.0 Å². The van der Waals surface area contributed by atoms with Crippen LogP contribution in [0.15, 0.2) is 54.6 Å². The van der Waals surface area contributed by atoms with E-state index in [1.807, 2.05) is 30.3 Å². The molecule has 2 aromatic carbocycles. The van der Waals surface area contributed by atoms with Crippen molar-refractivity contribution in [1.29, 1.82) is 0 Å². The molecule has 2 aromatic rings. The van der Waals surface area contributed by atoms with E-state index >= 15 is 0 Å². The molecule has 2 amide bonds. The zero-order valence-electron chi connectivity index (χ0n) is 17.8. The fourth-order valence-corrected chi connectivity index (χ4v) is 2.91. The first-order valence-corrected chi connectivity index (χ1v) is 9.90. The topological polar surface area (TPSA) is 93.7 Å². The minimum Gasteiger partial charge on any atom is -0.467 e. The molecule has 0 spiro atoms. The van der Waals surface area contributed by atoms with Gasteiger partial charge in [-0.05, 0) is 23.1 Å². The average Bonchev–Trinajstić information content (AvgIpc) is 2.76. The van der Waals surface area contributed by atoms with Gasteiger partial charge < -0.3 is 20.1 Å². The summed E-state index contributed by atoms with van der Waals surface area (Å²) in [4.78, 5) is 37.2. The number of rotatable bonds is 9. The highest BCUT2D eigenvalue weighted by Crippen LogP contribution is 2.11. The molecular formula is C23H27FN2O5. The average molecular weight is 430 g/mol. The summed E-state index contributed by atoms with van der Waals surface area (Å²) in [5, 5.41) is 5.08. The lowest BCUT2D eigenvalue weighted by Crippen LogP contribution is -2.54. The molecular weight excluding hydrogens is 403 g/mol. The fraction of sp³-hybridized carbons (Fsp3) is 0.348. The van der Waals surface area contributed by atoms with Gasteiger partial charge in [-0.2, -0.15) is 0 Å². The van der Waals surface area contributed by atoms with Crippen molar-refractivity contribution in [3.8, 4) is 0 Å². The Balaban J connectivity index is 2.03. The van der Waals surface area contributed by atoms with Crippen LogP contribution in [0.5, 0.6) is 0 Å². The molecule has 0 fully saturated rings. The number of esters is 1. The number of hydrogen-bond donors (Lipinski definition) is 2. The van der Waals surface area contributed by atoms with Gasteiger partial charge in [-0.15, -0.1) is 0 Å². The van der Waals surface area contributed by atoms with E-state index in [1.54, 1.807) is 19.9 Å². The number of carbonyl (C=O) groups excluding carboxylic acids is 3. The van der Waals surface area contributed by atoms with Gasteiger partial charge in [0.05, 0.1) is 7.11 Å². The highest BCUT2D eigenvalue weighted by molar-refractivity contribution is 5.90. The predicted octanol–water partition coefficient (Wildman–Crippen LogP) is 2.98. The van der Waals surface area contributed by atoms with Gasteiger partial charge in [-0.1, -0.05) is 62.4 Å². The molecule has 0 aliphatic carbocycles. The van der Waals surface area contributed by atoms with Crippen LogP contribution in [0.4, 0.5) is 9.18 Å². The summed E-state index contributed by atoms with van der Waals surface area (Å²) in [5.74, 6) is -2.10. The number of nitrogens with one attached hydrogen (secondary N) is 2. The van der Waals surface area contributed by atoms with E-state index in [4.69, 9.17) is 9.47 Å². The van der Waals surface area contributed by atoms with Crippen molar-refractivity contribution < 1.29 is 28.2 Å². The number of alkyl carbamates (subject to hydrolysis) is 1. The van der Waals surface area contributed by atoms with Crippen molar-refractivity contribution in [2.75, 3.05) is 7.11 Å². The number of methoxy groups -OCH3 is 1. The quantitative estimate of drug-likeness (QED) is 0.597. The summed E-state index contributed by atoms with van der Waals surface area (Å²) in [5.41, 5.74) is 1.06. The summed E-state index contributed by atoms with van der Waals surface area (Å²) in [7, 11) is 1.18. The first-order chi connectivity index (χ1) is 14.8. The third-order valence-electron chi connectivity index (χ3n) is 4.62. The number of amides is 2. The van der Waals surface area contributed by atoms with Crippen molar-refractivity contribution in [1.82, 2.24) is 10.6 Å². The third-order valence-corrected chi connectivity index (χ3v) is 4.62. The first kappa shape index (κ1) is 23.9. The van der Waals surface area contributed by atoms with Crippen LogP contribution in [0.2, 0.25) is 0 Å². The molecule has 0 unspecified atom stereocenters. The van der Waals surface area contributed by atoms with Crippen molar-refractivity contribution in [3.05, 3.63) is 71.5 Å². The molecule has 7 nitrogen and oxygen atoms in total. The Kier molecular flexibility index (Phi) is 8.99. The van der Waals surface area contributed by atoms with Crippen molar-refractivity contribution in [3.63, 3.8) is 0 Å². The standard InChI is InChI=1S/C23H27FN2O5/c1-15(2)20(26-23(29)31-14-16-9-5-4-6-10-16)21(27)25-19(22(28)30-3)13-17-11-7-8-12-18(17)24/h4-12,15,19-20H,13-14H2,1-3H3,(H,25,27)(H,26,29)/t19-,20-/m0/s1. The summed E-state index contributed by atoms with van der Waals surface area (Å²) in [6.45, 7) is 3.54. The Morgan fingerprint density at radius 1 is 0.968 bits per heavy atom. The lowest BCUT2D eigenvalue weighted by Gasteiger charge is -2.24. The van der Waals surface area contributed by atoms with Gasteiger partial charge in [0.1, 0.15) is 24.5 Å². The van der Waals surface area contributed by atoms with Gasteiger partial charge in [0.25, 0.3) is 0 Å². The maximum atomic E-state index is 14.0. The van der Waals surface area contributed by atoms with Gasteiger partial charge in [-0.3, -0.25) is 4.79 Å². The molecule has 0 aliphatic rings. The number of halogens is 1. The zero-order valence-corrected chi connectivity index (χ0v) is 17.8. The van der Waals surface area contributed by atoms with E-state index in [2.05, 4.69) is 10.6 Å². The Labute approximate surface area is 180 Å². The molecule has 2 atom stereocenters. The molecule has 0 aliphatic heterocycles. The van der Waals surface area contributed by atoms with Crippen molar-refractivity contribution >= 4 is 18.0 Å². The van der Waals surface area contributed by atoms with Gasteiger partial charge in [0.15, 0.2) is 0 Å². The number of carbonyl (C=O) groups is 3. The van der Waals surface area contributed by atoms with Crippen molar-refractivity contribution in [2.45, 2.75) is 39.0 Å². The summed E-state index contributed by atoms with van der Waals surface area (Å²) in [6.07, 6.45) is -0.852. The molecule has 0 bridgehead atoms. The Morgan fingerprint density at radius 2 is 1.61 bits per heavy atom. The fourth-order valence-electron chi connectivity index (χ4n) is 2.91. The van der Waals surface area contributed by atoms with Crippen LogP contribution in [-0.2, 0) is 32.1 Å². The predicted molar refractivity (Wildman–Crippen MR) is 112 cm³/mol. The zero-order chi connectivity index (χ0) is 22.8. The van der Waals surface area contributed by atoms with Gasteiger partial charge >= 0.3 is 12.1 Å². The van der Waals surface area contributed by atoms with Crippen LogP contribution >= 0.6 is 0 Å². The summed E-state index contributed by atoms with van der Waals surface area (Å²) < 4.78 is 23.9.